The van der Waals surface area contributed by atoms with Crippen molar-refractivity contribution in [2.45, 2.75) is 50.6 Å². The Morgan fingerprint density at radius 2 is 2.05 bits per heavy atom. The molecule has 20 heavy (non-hydrogen) atoms. The molecule has 5 nitrogen and oxygen atoms in total. The van der Waals surface area contributed by atoms with Crippen LogP contribution in [0.1, 0.15) is 38.8 Å². The Balaban J connectivity index is 2.11. The summed E-state index contributed by atoms with van der Waals surface area (Å²) in [6, 6.07) is 1.70. The molecule has 3 unspecified atom stereocenters. The Bertz CT molecular complexity index is 565. The second-order valence-electron chi connectivity index (χ2n) is 6.07. The molecule has 3 atom stereocenters. The van der Waals surface area contributed by atoms with Gasteiger partial charge in [-0.05, 0) is 37.2 Å². The minimum Gasteiger partial charge on any atom is -0.352 e. The van der Waals surface area contributed by atoms with Crippen molar-refractivity contribution in [3.63, 3.8) is 0 Å². The maximum atomic E-state index is 12.4. The predicted octanol–water partition coefficient (Wildman–Crippen LogP) is 1.59. The molecular weight excluding hydrogens is 274 g/mol. The van der Waals surface area contributed by atoms with E-state index in [0.717, 1.165) is 25.0 Å². The monoisotopic (exact) mass is 299 g/mol. The number of nitrogens with two attached hydrogens (primary N) is 1. The van der Waals surface area contributed by atoms with Crippen molar-refractivity contribution in [3.8, 4) is 0 Å². The van der Waals surface area contributed by atoms with Crippen LogP contribution in [0, 0.1) is 11.8 Å². The highest BCUT2D eigenvalue weighted by atomic mass is 32.2. The summed E-state index contributed by atoms with van der Waals surface area (Å²) in [5.74, 6) is 1.24. The molecule has 0 radical (unpaired) electrons. The second-order valence-corrected chi connectivity index (χ2v) is 7.78. The maximum absolute atomic E-state index is 12.4. The molecule has 0 aromatic carbocycles. The summed E-state index contributed by atoms with van der Waals surface area (Å²) in [6.45, 7) is 4.77. The first-order valence-corrected chi connectivity index (χ1v) is 8.69. The van der Waals surface area contributed by atoms with Crippen LogP contribution >= 0.6 is 0 Å². The van der Waals surface area contributed by atoms with Gasteiger partial charge in [-0.1, -0.05) is 13.8 Å². The third kappa shape index (κ3) is 3.24. The van der Waals surface area contributed by atoms with Gasteiger partial charge in [0.2, 0.25) is 10.0 Å². The molecule has 3 N–H and O–H groups in total. The Morgan fingerprint density at radius 1 is 1.35 bits per heavy atom. The lowest BCUT2D eigenvalue weighted by atomic mass is 9.79. The van der Waals surface area contributed by atoms with Crippen LogP contribution in [0.4, 0.5) is 0 Å². The van der Waals surface area contributed by atoms with Gasteiger partial charge in [0.05, 0.1) is 4.90 Å². The Kier molecular flexibility index (Phi) is 4.56. The van der Waals surface area contributed by atoms with Crippen LogP contribution in [-0.2, 0) is 23.6 Å². The summed E-state index contributed by atoms with van der Waals surface area (Å²) < 4.78 is 29.4. The van der Waals surface area contributed by atoms with Crippen molar-refractivity contribution < 1.29 is 8.42 Å². The van der Waals surface area contributed by atoms with Crippen LogP contribution < -0.4 is 10.5 Å². The minimum absolute atomic E-state index is 0.0488. The van der Waals surface area contributed by atoms with Gasteiger partial charge >= 0.3 is 0 Å². The molecule has 0 spiro atoms. The van der Waals surface area contributed by atoms with Gasteiger partial charge in [0.15, 0.2) is 0 Å². The van der Waals surface area contributed by atoms with Gasteiger partial charge in [0.25, 0.3) is 0 Å². The van der Waals surface area contributed by atoms with Crippen LogP contribution in [0.2, 0.25) is 0 Å². The van der Waals surface area contributed by atoms with Gasteiger partial charge in [-0.25, -0.2) is 13.1 Å². The summed E-state index contributed by atoms with van der Waals surface area (Å²) in [4.78, 5) is 0.312. The van der Waals surface area contributed by atoms with Crippen LogP contribution in [0.3, 0.4) is 0 Å². The summed E-state index contributed by atoms with van der Waals surface area (Å²) in [5.41, 5.74) is 6.40. The lowest BCUT2D eigenvalue weighted by Gasteiger charge is -2.32. The molecule has 1 aromatic rings. The molecule has 0 amide bonds. The van der Waals surface area contributed by atoms with E-state index in [9.17, 15) is 8.42 Å². The van der Waals surface area contributed by atoms with Crippen LogP contribution in [0.15, 0.2) is 17.2 Å². The highest BCUT2D eigenvalue weighted by Gasteiger charge is 2.28. The van der Waals surface area contributed by atoms with Crippen LogP contribution in [0.5, 0.6) is 0 Å². The number of hydrogen-bond acceptors (Lipinski definition) is 3. The quantitative estimate of drug-likeness (QED) is 0.886. The molecule has 1 saturated carbocycles. The molecule has 1 aliphatic rings. The first kappa shape index (κ1) is 15.5. The highest BCUT2D eigenvalue weighted by Crippen LogP contribution is 2.30. The van der Waals surface area contributed by atoms with E-state index in [2.05, 4.69) is 18.6 Å². The average Bonchev–Trinajstić information content (AvgIpc) is 2.76. The number of aromatic nitrogens is 1. The van der Waals surface area contributed by atoms with E-state index >= 15 is 0 Å². The number of hydrogen-bond donors (Lipinski definition) is 2. The van der Waals surface area contributed by atoms with Crippen LogP contribution in [-0.4, -0.2) is 19.0 Å². The fraction of sp³-hybridized carbons (Fsp3) is 0.714. The second kappa shape index (κ2) is 5.87. The van der Waals surface area contributed by atoms with Gasteiger partial charge < -0.3 is 10.3 Å². The third-order valence-electron chi connectivity index (χ3n) is 4.52. The first-order chi connectivity index (χ1) is 9.33. The molecule has 1 aromatic heterocycles. The number of nitrogens with one attached hydrogen (secondary N) is 1. The van der Waals surface area contributed by atoms with E-state index in [1.165, 1.54) is 0 Å². The van der Waals surface area contributed by atoms with Crippen molar-refractivity contribution >= 4 is 10.0 Å². The smallest absolute Gasteiger partial charge is 0.242 e. The van der Waals surface area contributed by atoms with Crippen molar-refractivity contribution in [1.82, 2.24) is 9.29 Å². The summed E-state index contributed by atoms with van der Waals surface area (Å²) in [6.07, 6.45) is 4.54. The average molecular weight is 299 g/mol. The summed E-state index contributed by atoms with van der Waals surface area (Å²) >= 11 is 0. The lowest BCUT2D eigenvalue weighted by molar-refractivity contribution is 0.242. The van der Waals surface area contributed by atoms with Crippen LogP contribution in [0.25, 0.3) is 0 Å². The van der Waals surface area contributed by atoms with Crippen molar-refractivity contribution in [2.75, 3.05) is 0 Å². The molecule has 0 saturated heterocycles. The fourth-order valence-corrected chi connectivity index (χ4v) is 4.25. The SMILES string of the molecule is CC1CCC(NS(=O)(=O)c2cc(CN)n(C)c2)CC1C. The van der Waals surface area contributed by atoms with Gasteiger partial charge in [-0.15, -0.1) is 0 Å². The van der Waals surface area contributed by atoms with E-state index in [0.29, 0.717) is 23.3 Å². The van der Waals surface area contributed by atoms with E-state index < -0.39 is 10.0 Å². The molecule has 0 aliphatic heterocycles. The minimum atomic E-state index is -3.44. The molecular formula is C14H25N3O2S. The Morgan fingerprint density at radius 3 is 2.60 bits per heavy atom. The Hall–Kier alpha value is -0.850. The third-order valence-corrected chi connectivity index (χ3v) is 6.01. The first-order valence-electron chi connectivity index (χ1n) is 7.21. The van der Waals surface area contributed by atoms with E-state index in [-0.39, 0.29) is 6.04 Å². The molecule has 2 rings (SSSR count). The maximum Gasteiger partial charge on any atom is 0.242 e. The van der Waals surface area contributed by atoms with E-state index in [1.807, 2.05) is 7.05 Å². The standard InChI is InChI=1S/C14H25N3O2S/c1-10-4-5-12(6-11(10)2)16-20(18,19)14-7-13(8-15)17(3)9-14/h7,9-12,16H,4-6,8,15H2,1-3H3. The molecule has 0 bridgehead atoms. The van der Waals surface area contributed by atoms with Gasteiger partial charge in [0, 0.05) is 31.5 Å². The van der Waals surface area contributed by atoms with Gasteiger partial charge in [-0.3, -0.25) is 0 Å². The molecule has 1 aliphatic carbocycles. The number of rotatable bonds is 4. The zero-order valence-corrected chi connectivity index (χ0v) is 13.3. The Labute approximate surface area is 121 Å². The topological polar surface area (TPSA) is 77.1 Å². The molecule has 6 heteroatoms. The zero-order valence-electron chi connectivity index (χ0n) is 12.5. The highest BCUT2D eigenvalue weighted by molar-refractivity contribution is 7.89. The van der Waals surface area contributed by atoms with Gasteiger partial charge in [0.1, 0.15) is 0 Å². The number of aryl methyl sites for hydroxylation is 1. The molecule has 1 heterocycles. The van der Waals surface area contributed by atoms with Crippen molar-refractivity contribution in [3.05, 3.63) is 18.0 Å². The largest absolute Gasteiger partial charge is 0.352 e. The molecule has 1 fully saturated rings. The van der Waals surface area contributed by atoms with Crippen molar-refractivity contribution in [2.24, 2.45) is 24.6 Å². The van der Waals surface area contributed by atoms with E-state index in [1.54, 1.807) is 16.8 Å². The number of sulfonamides is 1. The normalized spacial score (nSPS) is 27.7. The fourth-order valence-electron chi connectivity index (χ4n) is 2.87. The van der Waals surface area contributed by atoms with Crippen molar-refractivity contribution in [1.29, 1.82) is 0 Å². The number of nitrogens with zero attached hydrogens (tertiary/aromatic N) is 1. The molecule has 114 valence electrons. The zero-order chi connectivity index (χ0) is 14.9. The van der Waals surface area contributed by atoms with E-state index in [4.69, 9.17) is 5.73 Å². The van der Waals surface area contributed by atoms with Gasteiger partial charge in [-0.2, -0.15) is 0 Å². The summed E-state index contributed by atoms with van der Waals surface area (Å²) in [5, 5.41) is 0. The lowest BCUT2D eigenvalue weighted by Crippen LogP contribution is -2.39. The predicted molar refractivity (Wildman–Crippen MR) is 79.6 cm³/mol. The summed E-state index contributed by atoms with van der Waals surface area (Å²) in [7, 11) is -1.63.